The Morgan fingerprint density at radius 2 is 1.95 bits per heavy atom. The first-order valence-corrected chi connectivity index (χ1v) is 7.89. The van der Waals surface area contributed by atoms with Crippen LogP contribution < -0.4 is 15.0 Å². The molecule has 0 aromatic heterocycles. The van der Waals surface area contributed by atoms with Gasteiger partial charge in [0.2, 0.25) is 0 Å². The summed E-state index contributed by atoms with van der Waals surface area (Å²) in [5.74, 6) is 1.00. The Kier molecular flexibility index (Phi) is 4.92. The molecule has 1 aromatic carbocycles. The van der Waals surface area contributed by atoms with Gasteiger partial charge in [0.15, 0.2) is 0 Å². The van der Waals surface area contributed by atoms with Crippen LogP contribution in [-0.4, -0.2) is 31.3 Å². The van der Waals surface area contributed by atoms with Crippen LogP contribution in [0.5, 0.6) is 5.75 Å². The second-order valence-corrected chi connectivity index (χ2v) is 5.75. The standard InChI is InChI=1S/C17H28N2O/c1-5-17(6-2)13-19(14(4)12-18-17)15-10-8-9-11-16(15)20-7-3/h8-11,14,18H,5-7,12-13H2,1-4H3. The van der Waals surface area contributed by atoms with Gasteiger partial charge in [0.1, 0.15) is 5.75 Å². The average Bonchev–Trinajstić information content (AvgIpc) is 2.49. The van der Waals surface area contributed by atoms with Crippen molar-refractivity contribution in [1.82, 2.24) is 5.32 Å². The molecule has 1 atom stereocenters. The Morgan fingerprint density at radius 1 is 1.25 bits per heavy atom. The minimum atomic E-state index is 0.228. The van der Waals surface area contributed by atoms with Crippen LogP contribution in [0.3, 0.4) is 0 Å². The van der Waals surface area contributed by atoms with Gasteiger partial charge >= 0.3 is 0 Å². The van der Waals surface area contributed by atoms with Crippen molar-refractivity contribution in [3.63, 3.8) is 0 Å². The zero-order chi connectivity index (χ0) is 14.6. The highest BCUT2D eigenvalue weighted by Crippen LogP contribution is 2.33. The Morgan fingerprint density at radius 3 is 2.60 bits per heavy atom. The van der Waals surface area contributed by atoms with Crippen LogP contribution in [0.1, 0.15) is 40.5 Å². The van der Waals surface area contributed by atoms with Gasteiger partial charge < -0.3 is 15.0 Å². The van der Waals surface area contributed by atoms with Gasteiger partial charge in [-0.25, -0.2) is 0 Å². The molecule has 1 unspecified atom stereocenters. The lowest BCUT2D eigenvalue weighted by atomic mass is 9.88. The van der Waals surface area contributed by atoms with Crippen molar-refractivity contribution >= 4 is 5.69 Å². The second kappa shape index (κ2) is 6.49. The van der Waals surface area contributed by atoms with E-state index in [4.69, 9.17) is 4.74 Å². The fourth-order valence-corrected chi connectivity index (χ4v) is 3.03. The van der Waals surface area contributed by atoms with Crippen molar-refractivity contribution in [2.75, 3.05) is 24.6 Å². The number of nitrogens with one attached hydrogen (secondary N) is 1. The highest BCUT2D eigenvalue weighted by atomic mass is 16.5. The van der Waals surface area contributed by atoms with E-state index in [-0.39, 0.29) is 5.54 Å². The van der Waals surface area contributed by atoms with Crippen molar-refractivity contribution in [2.45, 2.75) is 52.1 Å². The fourth-order valence-electron chi connectivity index (χ4n) is 3.03. The van der Waals surface area contributed by atoms with E-state index in [2.05, 4.69) is 49.2 Å². The van der Waals surface area contributed by atoms with Crippen LogP contribution >= 0.6 is 0 Å². The van der Waals surface area contributed by atoms with Crippen LogP contribution in [0.4, 0.5) is 5.69 Å². The largest absolute Gasteiger partial charge is 0.492 e. The summed E-state index contributed by atoms with van der Waals surface area (Å²) in [4.78, 5) is 2.51. The zero-order valence-electron chi connectivity index (χ0n) is 13.3. The minimum absolute atomic E-state index is 0.228. The van der Waals surface area contributed by atoms with Crippen LogP contribution in [0, 0.1) is 0 Å². The first kappa shape index (κ1) is 15.2. The lowest BCUT2D eigenvalue weighted by molar-refractivity contribution is 0.251. The Hall–Kier alpha value is -1.22. The molecular formula is C17H28N2O. The quantitative estimate of drug-likeness (QED) is 0.891. The smallest absolute Gasteiger partial charge is 0.142 e. The monoisotopic (exact) mass is 276 g/mol. The van der Waals surface area contributed by atoms with Crippen molar-refractivity contribution in [3.8, 4) is 5.75 Å². The number of rotatable bonds is 5. The first-order chi connectivity index (χ1) is 9.65. The number of piperazine rings is 1. The molecule has 1 aromatic rings. The maximum Gasteiger partial charge on any atom is 0.142 e. The SMILES string of the molecule is CCOc1ccccc1N1CC(CC)(CC)NCC1C. The van der Waals surface area contributed by atoms with E-state index in [0.717, 1.165) is 31.7 Å². The van der Waals surface area contributed by atoms with Gasteiger partial charge in [-0.2, -0.15) is 0 Å². The molecule has 0 aliphatic carbocycles. The molecule has 1 saturated heterocycles. The van der Waals surface area contributed by atoms with E-state index < -0.39 is 0 Å². The lowest BCUT2D eigenvalue weighted by Gasteiger charge is -2.48. The van der Waals surface area contributed by atoms with Gasteiger partial charge in [0.05, 0.1) is 12.3 Å². The third-order valence-corrected chi connectivity index (χ3v) is 4.61. The second-order valence-electron chi connectivity index (χ2n) is 5.75. The van der Waals surface area contributed by atoms with Crippen LogP contribution in [0.2, 0.25) is 0 Å². The van der Waals surface area contributed by atoms with Gasteiger partial charge in [-0.15, -0.1) is 0 Å². The number of para-hydroxylation sites is 2. The first-order valence-electron chi connectivity index (χ1n) is 7.89. The van der Waals surface area contributed by atoms with Crippen molar-refractivity contribution in [3.05, 3.63) is 24.3 Å². The Balaban J connectivity index is 2.29. The van der Waals surface area contributed by atoms with E-state index >= 15 is 0 Å². The molecule has 1 aliphatic rings. The van der Waals surface area contributed by atoms with Crippen LogP contribution in [0.15, 0.2) is 24.3 Å². The lowest BCUT2D eigenvalue weighted by Crippen LogP contribution is -2.63. The summed E-state index contributed by atoms with van der Waals surface area (Å²) >= 11 is 0. The highest BCUT2D eigenvalue weighted by Gasteiger charge is 2.35. The van der Waals surface area contributed by atoms with Gasteiger partial charge in [-0.05, 0) is 38.8 Å². The number of benzene rings is 1. The maximum atomic E-state index is 5.81. The predicted molar refractivity (Wildman–Crippen MR) is 85.7 cm³/mol. The molecular weight excluding hydrogens is 248 g/mol. The summed E-state index contributed by atoms with van der Waals surface area (Å²) < 4.78 is 5.81. The molecule has 1 N–H and O–H groups in total. The maximum absolute atomic E-state index is 5.81. The summed E-state index contributed by atoms with van der Waals surface area (Å²) in [6, 6.07) is 8.90. The molecule has 0 bridgehead atoms. The van der Waals surface area contributed by atoms with E-state index in [9.17, 15) is 0 Å². The molecule has 3 nitrogen and oxygen atoms in total. The van der Waals surface area contributed by atoms with Crippen LogP contribution in [-0.2, 0) is 0 Å². The summed E-state index contributed by atoms with van der Waals surface area (Å²) in [5, 5.41) is 3.75. The molecule has 3 heteroatoms. The fraction of sp³-hybridized carbons (Fsp3) is 0.647. The van der Waals surface area contributed by atoms with E-state index in [1.165, 1.54) is 5.69 Å². The molecule has 0 spiro atoms. The molecule has 1 aliphatic heterocycles. The molecule has 2 rings (SSSR count). The van der Waals surface area contributed by atoms with Gasteiger partial charge in [0, 0.05) is 24.7 Å². The number of nitrogens with zero attached hydrogens (tertiary/aromatic N) is 1. The summed E-state index contributed by atoms with van der Waals surface area (Å²) in [6.07, 6.45) is 2.31. The van der Waals surface area contributed by atoms with Crippen molar-refractivity contribution < 1.29 is 4.74 Å². The number of hydrogen-bond donors (Lipinski definition) is 1. The molecule has 0 saturated carbocycles. The molecule has 1 heterocycles. The molecule has 0 amide bonds. The Labute approximate surface area is 123 Å². The average molecular weight is 276 g/mol. The number of anilines is 1. The summed E-state index contributed by atoms with van der Waals surface area (Å²) in [7, 11) is 0. The van der Waals surface area contributed by atoms with Crippen molar-refractivity contribution in [1.29, 1.82) is 0 Å². The third kappa shape index (κ3) is 2.93. The van der Waals surface area contributed by atoms with Gasteiger partial charge in [-0.1, -0.05) is 26.0 Å². The van der Waals surface area contributed by atoms with Crippen molar-refractivity contribution in [2.24, 2.45) is 0 Å². The molecule has 20 heavy (non-hydrogen) atoms. The normalized spacial score (nSPS) is 21.8. The van der Waals surface area contributed by atoms with E-state index in [1.807, 2.05) is 13.0 Å². The molecule has 112 valence electrons. The topological polar surface area (TPSA) is 24.5 Å². The van der Waals surface area contributed by atoms with Crippen LogP contribution in [0.25, 0.3) is 0 Å². The predicted octanol–water partition coefficient (Wildman–Crippen LogP) is 3.44. The summed E-state index contributed by atoms with van der Waals surface area (Å²) in [6.45, 7) is 11.7. The highest BCUT2D eigenvalue weighted by molar-refractivity contribution is 5.59. The zero-order valence-corrected chi connectivity index (χ0v) is 13.3. The van der Waals surface area contributed by atoms with E-state index in [0.29, 0.717) is 12.6 Å². The summed E-state index contributed by atoms with van der Waals surface area (Å²) in [5.41, 5.74) is 1.46. The van der Waals surface area contributed by atoms with Gasteiger partial charge in [0.25, 0.3) is 0 Å². The minimum Gasteiger partial charge on any atom is -0.492 e. The molecule has 0 radical (unpaired) electrons. The van der Waals surface area contributed by atoms with Gasteiger partial charge in [-0.3, -0.25) is 0 Å². The molecule has 1 fully saturated rings. The number of hydrogen-bond acceptors (Lipinski definition) is 3. The number of ether oxygens (including phenoxy) is 1. The third-order valence-electron chi connectivity index (χ3n) is 4.61. The van der Waals surface area contributed by atoms with E-state index in [1.54, 1.807) is 0 Å². The Bertz CT molecular complexity index is 429.